The smallest absolute Gasteiger partial charge is 0.246 e. The van der Waals surface area contributed by atoms with Gasteiger partial charge in [0.25, 0.3) is 0 Å². The molecule has 1 atom stereocenters. The summed E-state index contributed by atoms with van der Waals surface area (Å²) in [6, 6.07) is -0.325. The molecule has 0 radical (unpaired) electrons. The average molecular weight is 172 g/mol. The topological polar surface area (TPSA) is 69.6 Å². The number of aliphatic hydroxyl groups is 1. The third kappa shape index (κ3) is 1.62. The summed E-state index contributed by atoms with van der Waals surface area (Å²) in [4.78, 5) is 23.4. The maximum absolute atomic E-state index is 11.3. The number of β-amino-alcohol motifs (C(OH)–C–C–N with tert-alkyl or cyclic N) is 1. The van der Waals surface area contributed by atoms with Crippen LogP contribution in [0.25, 0.3) is 0 Å². The summed E-state index contributed by atoms with van der Waals surface area (Å²) < 4.78 is 0. The lowest BCUT2D eigenvalue weighted by Gasteiger charge is -2.28. The minimum Gasteiger partial charge on any atom is -0.395 e. The number of nitrogens with zero attached hydrogens (tertiary/aromatic N) is 1. The summed E-state index contributed by atoms with van der Waals surface area (Å²) in [6.07, 6.45) is 0. The van der Waals surface area contributed by atoms with E-state index in [2.05, 4.69) is 5.32 Å². The van der Waals surface area contributed by atoms with Gasteiger partial charge in [0.15, 0.2) is 0 Å². The molecule has 68 valence electrons. The SMILES string of the molecule is CC1NCC(=O)N(CCO)C1=O. The predicted molar refractivity (Wildman–Crippen MR) is 41.3 cm³/mol. The molecule has 5 nitrogen and oxygen atoms in total. The Morgan fingerprint density at radius 3 is 2.92 bits per heavy atom. The highest BCUT2D eigenvalue weighted by Crippen LogP contribution is 2.01. The van der Waals surface area contributed by atoms with Gasteiger partial charge >= 0.3 is 0 Å². The summed E-state index contributed by atoms with van der Waals surface area (Å²) in [6.45, 7) is 1.79. The number of carbonyl (C=O) groups is 2. The fraction of sp³-hybridized carbons (Fsp3) is 0.714. The van der Waals surface area contributed by atoms with Crippen LogP contribution in [-0.4, -0.2) is 47.6 Å². The van der Waals surface area contributed by atoms with Crippen molar-refractivity contribution < 1.29 is 14.7 Å². The molecule has 0 aromatic rings. The summed E-state index contributed by atoms with van der Waals surface area (Å²) in [5.41, 5.74) is 0. The van der Waals surface area contributed by atoms with Crippen molar-refractivity contribution in [2.75, 3.05) is 19.7 Å². The van der Waals surface area contributed by atoms with E-state index < -0.39 is 0 Å². The van der Waals surface area contributed by atoms with Gasteiger partial charge in [-0.2, -0.15) is 0 Å². The van der Waals surface area contributed by atoms with Gasteiger partial charge in [0, 0.05) is 0 Å². The third-order valence-corrected chi connectivity index (χ3v) is 1.82. The van der Waals surface area contributed by atoms with Gasteiger partial charge in [-0.1, -0.05) is 0 Å². The molecule has 5 heteroatoms. The first kappa shape index (κ1) is 9.15. The monoisotopic (exact) mass is 172 g/mol. The van der Waals surface area contributed by atoms with E-state index in [1.807, 2.05) is 0 Å². The maximum Gasteiger partial charge on any atom is 0.246 e. The lowest BCUT2D eigenvalue weighted by atomic mass is 10.2. The van der Waals surface area contributed by atoms with Gasteiger partial charge in [0.05, 0.1) is 25.7 Å². The first-order chi connectivity index (χ1) is 5.66. The number of imide groups is 1. The first-order valence-corrected chi connectivity index (χ1v) is 3.85. The van der Waals surface area contributed by atoms with Crippen LogP contribution in [0.15, 0.2) is 0 Å². The van der Waals surface area contributed by atoms with Crippen molar-refractivity contribution in [2.45, 2.75) is 13.0 Å². The van der Waals surface area contributed by atoms with E-state index in [1.165, 1.54) is 0 Å². The quantitative estimate of drug-likeness (QED) is 0.488. The number of nitrogens with one attached hydrogen (secondary N) is 1. The summed E-state index contributed by atoms with van der Waals surface area (Å²) in [5.74, 6) is -0.535. The molecule has 2 N–H and O–H groups in total. The van der Waals surface area contributed by atoms with Crippen LogP contribution < -0.4 is 5.32 Å². The van der Waals surface area contributed by atoms with E-state index in [9.17, 15) is 9.59 Å². The highest BCUT2D eigenvalue weighted by Gasteiger charge is 2.30. The van der Waals surface area contributed by atoms with Gasteiger partial charge < -0.3 is 5.11 Å². The Balaban J connectivity index is 2.65. The van der Waals surface area contributed by atoms with Crippen molar-refractivity contribution in [3.05, 3.63) is 0 Å². The highest BCUT2D eigenvalue weighted by atomic mass is 16.3. The molecule has 1 aliphatic rings. The van der Waals surface area contributed by atoms with Gasteiger partial charge in [-0.3, -0.25) is 19.8 Å². The molecule has 1 fully saturated rings. The number of carbonyl (C=O) groups excluding carboxylic acids is 2. The molecule has 1 rings (SSSR count). The van der Waals surface area contributed by atoms with Gasteiger partial charge in [-0.15, -0.1) is 0 Å². The van der Waals surface area contributed by atoms with Crippen LogP contribution in [0.1, 0.15) is 6.92 Å². The summed E-state index contributed by atoms with van der Waals surface area (Å²) in [7, 11) is 0. The van der Waals surface area contributed by atoms with Crippen LogP contribution in [0.2, 0.25) is 0 Å². The molecule has 1 saturated heterocycles. The number of amides is 2. The molecular weight excluding hydrogens is 160 g/mol. The van der Waals surface area contributed by atoms with Crippen molar-refractivity contribution in [2.24, 2.45) is 0 Å². The minimum atomic E-state index is -0.325. The zero-order valence-electron chi connectivity index (χ0n) is 6.91. The van der Waals surface area contributed by atoms with Gasteiger partial charge in [-0.05, 0) is 6.92 Å². The van der Waals surface area contributed by atoms with Gasteiger partial charge in [0.2, 0.25) is 11.8 Å². The number of rotatable bonds is 2. The van der Waals surface area contributed by atoms with Crippen molar-refractivity contribution in [1.29, 1.82) is 0 Å². The van der Waals surface area contributed by atoms with E-state index in [1.54, 1.807) is 6.92 Å². The van der Waals surface area contributed by atoms with Crippen molar-refractivity contribution >= 4 is 11.8 Å². The zero-order valence-corrected chi connectivity index (χ0v) is 6.91. The Hall–Kier alpha value is -0.940. The fourth-order valence-electron chi connectivity index (χ4n) is 1.11. The summed E-state index contributed by atoms with van der Waals surface area (Å²) in [5, 5.41) is 11.3. The Morgan fingerprint density at radius 2 is 2.33 bits per heavy atom. The Labute approximate surface area is 70.4 Å². The number of hydrogen-bond acceptors (Lipinski definition) is 4. The van der Waals surface area contributed by atoms with Crippen LogP contribution >= 0.6 is 0 Å². The molecule has 2 amide bonds. The molecule has 0 bridgehead atoms. The second-order valence-electron chi connectivity index (χ2n) is 2.71. The minimum absolute atomic E-state index is 0.101. The van der Waals surface area contributed by atoms with Crippen molar-refractivity contribution in [3.8, 4) is 0 Å². The zero-order chi connectivity index (χ0) is 9.14. The Bertz CT molecular complexity index is 205. The Kier molecular flexibility index (Phi) is 2.78. The molecular formula is C7H12N2O3. The number of piperazine rings is 1. The molecule has 0 aromatic carbocycles. The molecule has 1 aliphatic heterocycles. The maximum atomic E-state index is 11.3. The number of aliphatic hydroxyl groups excluding tert-OH is 1. The van der Waals surface area contributed by atoms with E-state index in [-0.39, 0.29) is 37.6 Å². The second-order valence-corrected chi connectivity index (χ2v) is 2.71. The fourth-order valence-corrected chi connectivity index (χ4v) is 1.11. The normalized spacial score (nSPS) is 24.8. The van der Waals surface area contributed by atoms with Gasteiger partial charge in [0.1, 0.15) is 0 Å². The van der Waals surface area contributed by atoms with Crippen LogP contribution in [-0.2, 0) is 9.59 Å². The van der Waals surface area contributed by atoms with Crippen molar-refractivity contribution in [3.63, 3.8) is 0 Å². The third-order valence-electron chi connectivity index (χ3n) is 1.82. The first-order valence-electron chi connectivity index (χ1n) is 3.85. The number of hydrogen-bond donors (Lipinski definition) is 2. The van der Waals surface area contributed by atoms with Gasteiger partial charge in [-0.25, -0.2) is 0 Å². The Morgan fingerprint density at radius 1 is 1.67 bits per heavy atom. The molecule has 0 aromatic heterocycles. The van der Waals surface area contributed by atoms with E-state index in [0.717, 1.165) is 4.90 Å². The molecule has 0 saturated carbocycles. The lowest BCUT2D eigenvalue weighted by molar-refractivity contribution is -0.149. The van der Waals surface area contributed by atoms with Crippen LogP contribution in [0.3, 0.4) is 0 Å². The average Bonchev–Trinajstić information content (AvgIpc) is 2.06. The highest BCUT2D eigenvalue weighted by molar-refractivity contribution is 6.00. The molecule has 0 spiro atoms. The van der Waals surface area contributed by atoms with E-state index in [4.69, 9.17) is 5.11 Å². The largest absolute Gasteiger partial charge is 0.395 e. The predicted octanol–water partition coefficient (Wildman–Crippen LogP) is -1.67. The molecule has 12 heavy (non-hydrogen) atoms. The molecule has 1 unspecified atom stereocenters. The van der Waals surface area contributed by atoms with E-state index >= 15 is 0 Å². The van der Waals surface area contributed by atoms with Crippen LogP contribution in [0.4, 0.5) is 0 Å². The second kappa shape index (κ2) is 3.64. The molecule has 1 heterocycles. The lowest BCUT2D eigenvalue weighted by Crippen LogP contribution is -2.57. The van der Waals surface area contributed by atoms with Crippen LogP contribution in [0.5, 0.6) is 0 Å². The standard InChI is InChI=1S/C7H12N2O3/c1-5-7(12)9(2-3-10)6(11)4-8-5/h5,8,10H,2-4H2,1H3. The van der Waals surface area contributed by atoms with Crippen LogP contribution in [0, 0.1) is 0 Å². The molecule has 0 aliphatic carbocycles. The van der Waals surface area contributed by atoms with E-state index in [0.29, 0.717) is 0 Å². The van der Waals surface area contributed by atoms with Crippen molar-refractivity contribution in [1.82, 2.24) is 10.2 Å². The summed E-state index contributed by atoms with van der Waals surface area (Å²) >= 11 is 0.